The molecule has 0 amide bonds. The maximum Gasteiger partial charge on any atom is 0.225 e. The molecule has 0 aliphatic carbocycles. The van der Waals surface area contributed by atoms with E-state index in [1.165, 1.54) is 0 Å². The highest BCUT2D eigenvalue weighted by molar-refractivity contribution is 5.65. The quantitative estimate of drug-likeness (QED) is 0.670. The largest absolute Gasteiger partial charge is 0.508 e. The van der Waals surface area contributed by atoms with Crippen molar-refractivity contribution in [2.24, 2.45) is 0 Å². The molecule has 1 aromatic carbocycles. The zero-order valence-corrected chi connectivity index (χ0v) is 12.7. The number of anilines is 3. The zero-order valence-electron chi connectivity index (χ0n) is 12.7. The number of benzene rings is 1. The molecule has 0 saturated carbocycles. The topological polar surface area (TPSA) is 83.0 Å². The molecule has 6 nitrogen and oxygen atoms in total. The first kappa shape index (κ1) is 14.8. The Morgan fingerprint density at radius 3 is 2.65 bits per heavy atom. The Hall–Kier alpha value is -3.15. The van der Waals surface area contributed by atoms with Gasteiger partial charge < -0.3 is 15.7 Å². The Bertz CT molecular complexity index is 792. The van der Waals surface area contributed by atoms with Crippen molar-refractivity contribution in [1.29, 1.82) is 0 Å². The highest BCUT2D eigenvalue weighted by Gasteiger charge is 2.08. The first-order valence-electron chi connectivity index (χ1n) is 7.35. The van der Waals surface area contributed by atoms with Gasteiger partial charge in [0.05, 0.1) is 11.4 Å². The Kier molecular flexibility index (Phi) is 4.33. The van der Waals surface area contributed by atoms with Crippen LogP contribution in [0.25, 0.3) is 11.4 Å². The van der Waals surface area contributed by atoms with Crippen LogP contribution in [0.15, 0.2) is 54.7 Å². The minimum absolute atomic E-state index is 0.195. The summed E-state index contributed by atoms with van der Waals surface area (Å²) in [6.45, 7) is 2.70. The highest BCUT2D eigenvalue weighted by atomic mass is 16.3. The van der Waals surface area contributed by atoms with Gasteiger partial charge in [-0.15, -0.1) is 0 Å². The van der Waals surface area contributed by atoms with Crippen molar-refractivity contribution in [2.75, 3.05) is 17.2 Å². The Labute approximate surface area is 134 Å². The summed E-state index contributed by atoms with van der Waals surface area (Å²) < 4.78 is 0. The van der Waals surface area contributed by atoms with E-state index in [0.717, 1.165) is 23.6 Å². The van der Waals surface area contributed by atoms with Crippen LogP contribution in [0.2, 0.25) is 0 Å². The lowest BCUT2D eigenvalue weighted by atomic mass is 10.2. The number of nitrogens with one attached hydrogen (secondary N) is 2. The normalized spacial score (nSPS) is 10.3. The highest BCUT2D eigenvalue weighted by Crippen LogP contribution is 2.23. The van der Waals surface area contributed by atoms with E-state index in [2.05, 4.69) is 25.6 Å². The van der Waals surface area contributed by atoms with E-state index in [-0.39, 0.29) is 5.75 Å². The van der Waals surface area contributed by atoms with Crippen molar-refractivity contribution < 1.29 is 5.11 Å². The minimum atomic E-state index is 0.195. The summed E-state index contributed by atoms with van der Waals surface area (Å²) in [5, 5.41) is 15.9. The predicted molar refractivity (Wildman–Crippen MR) is 90.8 cm³/mol. The summed E-state index contributed by atoms with van der Waals surface area (Å²) in [6.07, 6.45) is 1.73. The summed E-state index contributed by atoms with van der Waals surface area (Å²) >= 11 is 0. The van der Waals surface area contributed by atoms with Crippen molar-refractivity contribution in [3.05, 3.63) is 54.7 Å². The average molecular weight is 307 g/mol. The van der Waals surface area contributed by atoms with Crippen molar-refractivity contribution in [1.82, 2.24) is 15.0 Å². The molecular formula is C17H17N5O. The molecule has 0 atom stereocenters. The third-order valence-electron chi connectivity index (χ3n) is 3.11. The van der Waals surface area contributed by atoms with Gasteiger partial charge in [0.15, 0.2) is 0 Å². The van der Waals surface area contributed by atoms with Crippen molar-refractivity contribution >= 4 is 17.5 Å². The van der Waals surface area contributed by atoms with Gasteiger partial charge in [0.25, 0.3) is 0 Å². The van der Waals surface area contributed by atoms with Crippen LogP contribution in [-0.2, 0) is 0 Å². The summed E-state index contributed by atoms with van der Waals surface area (Å²) in [4.78, 5) is 13.2. The second kappa shape index (κ2) is 6.74. The molecule has 0 fully saturated rings. The number of hydrogen-bond acceptors (Lipinski definition) is 6. The third-order valence-corrected chi connectivity index (χ3v) is 3.11. The zero-order chi connectivity index (χ0) is 16.1. The minimum Gasteiger partial charge on any atom is -0.508 e. The molecule has 23 heavy (non-hydrogen) atoms. The molecule has 0 bridgehead atoms. The lowest BCUT2D eigenvalue weighted by molar-refractivity contribution is 0.475. The Morgan fingerprint density at radius 1 is 1.00 bits per heavy atom. The molecule has 116 valence electrons. The Morgan fingerprint density at radius 2 is 1.91 bits per heavy atom. The van der Waals surface area contributed by atoms with Crippen LogP contribution in [0.4, 0.5) is 17.5 Å². The van der Waals surface area contributed by atoms with Crippen molar-refractivity contribution in [3.8, 4) is 17.1 Å². The summed E-state index contributed by atoms with van der Waals surface area (Å²) in [6, 6.07) is 14.4. The molecule has 0 spiro atoms. The van der Waals surface area contributed by atoms with Gasteiger partial charge in [-0.1, -0.05) is 12.1 Å². The Balaban J connectivity index is 1.97. The fraction of sp³-hybridized carbons (Fsp3) is 0.118. The van der Waals surface area contributed by atoms with Crippen LogP contribution in [-0.4, -0.2) is 26.6 Å². The lowest BCUT2D eigenvalue weighted by Crippen LogP contribution is -2.05. The molecule has 0 aliphatic rings. The predicted octanol–water partition coefficient (Wildman–Crippen LogP) is 3.42. The number of nitrogens with zero attached hydrogens (tertiary/aromatic N) is 3. The number of phenols is 1. The molecule has 0 saturated heterocycles. The molecule has 3 aromatic rings. The second-order valence-corrected chi connectivity index (χ2v) is 4.88. The van der Waals surface area contributed by atoms with Gasteiger partial charge in [0.2, 0.25) is 5.95 Å². The number of aromatic hydroxyl groups is 1. The maximum atomic E-state index is 9.57. The molecule has 0 unspecified atom stereocenters. The number of hydrogen-bond donors (Lipinski definition) is 3. The van der Waals surface area contributed by atoms with E-state index in [9.17, 15) is 5.11 Å². The standard InChI is InChI=1S/C17H17N5O/c1-2-18-17-21-15(14-8-3-4-9-19-14)11-16(22-17)20-12-6-5-7-13(23)10-12/h3-11,23H,2H2,1H3,(H2,18,20,21,22). The lowest BCUT2D eigenvalue weighted by Gasteiger charge is -2.10. The summed E-state index contributed by atoms with van der Waals surface area (Å²) in [5.74, 6) is 1.35. The van der Waals surface area contributed by atoms with E-state index in [4.69, 9.17) is 0 Å². The first-order valence-corrected chi connectivity index (χ1v) is 7.35. The first-order chi connectivity index (χ1) is 11.2. The average Bonchev–Trinajstić information content (AvgIpc) is 2.56. The van der Waals surface area contributed by atoms with E-state index < -0.39 is 0 Å². The molecule has 2 heterocycles. The van der Waals surface area contributed by atoms with Gasteiger partial charge >= 0.3 is 0 Å². The van der Waals surface area contributed by atoms with E-state index >= 15 is 0 Å². The summed E-state index contributed by atoms with van der Waals surface area (Å²) in [7, 11) is 0. The van der Waals surface area contributed by atoms with E-state index in [1.54, 1.807) is 24.4 Å². The number of phenolic OH excluding ortho intramolecular Hbond substituents is 1. The van der Waals surface area contributed by atoms with Gasteiger partial charge in [-0.05, 0) is 31.2 Å². The van der Waals surface area contributed by atoms with E-state index in [0.29, 0.717) is 11.8 Å². The van der Waals surface area contributed by atoms with Crippen LogP contribution < -0.4 is 10.6 Å². The number of rotatable bonds is 5. The van der Waals surface area contributed by atoms with Crippen LogP contribution in [0, 0.1) is 0 Å². The van der Waals surface area contributed by atoms with Crippen LogP contribution in [0.1, 0.15) is 6.92 Å². The van der Waals surface area contributed by atoms with Crippen molar-refractivity contribution in [3.63, 3.8) is 0 Å². The van der Waals surface area contributed by atoms with Gasteiger partial charge in [-0.3, -0.25) is 4.98 Å². The van der Waals surface area contributed by atoms with Gasteiger partial charge in [0, 0.05) is 30.6 Å². The maximum absolute atomic E-state index is 9.57. The van der Waals surface area contributed by atoms with E-state index in [1.807, 2.05) is 37.3 Å². The molecule has 2 aromatic heterocycles. The summed E-state index contributed by atoms with van der Waals surface area (Å²) in [5.41, 5.74) is 2.24. The smallest absolute Gasteiger partial charge is 0.225 e. The van der Waals surface area contributed by atoms with Gasteiger partial charge in [-0.25, -0.2) is 4.98 Å². The third kappa shape index (κ3) is 3.74. The van der Waals surface area contributed by atoms with Crippen LogP contribution >= 0.6 is 0 Å². The van der Waals surface area contributed by atoms with Crippen molar-refractivity contribution in [2.45, 2.75) is 6.92 Å². The fourth-order valence-electron chi connectivity index (χ4n) is 2.13. The molecule has 0 aliphatic heterocycles. The molecule has 0 radical (unpaired) electrons. The fourth-order valence-corrected chi connectivity index (χ4v) is 2.13. The molecule has 3 rings (SSSR count). The SMILES string of the molecule is CCNc1nc(Nc2cccc(O)c2)cc(-c2ccccn2)n1. The number of aromatic nitrogens is 3. The number of pyridine rings is 1. The monoisotopic (exact) mass is 307 g/mol. The van der Waals surface area contributed by atoms with Gasteiger partial charge in [0.1, 0.15) is 11.6 Å². The second-order valence-electron chi connectivity index (χ2n) is 4.88. The molecule has 3 N–H and O–H groups in total. The van der Waals surface area contributed by atoms with Crippen LogP contribution in [0.5, 0.6) is 5.75 Å². The van der Waals surface area contributed by atoms with Gasteiger partial charge in [-0.2, -0.15) is 4.98 Å². The molecular weight excluding hydrogens is 290 g/mol. The van der Waals surface area contributed by atoms with Crippen LogP contribution in [0.3, 0.4) is 0 Å². The molecule has 6 heteroatoms.